The lowest BCUT2D eigenvalue weighted by Gasteiger charge is -2.27. The molecule has 0 saturated carbocycles. The number of aryl methyl sites for hydroxylation is 2. The highest BCUT2D eigenvalue weighted by molar-refractivity contribution is 5.79. The number of aliphatic hydroxyl groups excluding tert-OH is 1. The Balaban J connectivity index is 2.40. The van der Waals surface area contributed by atoms with E-state index in [1.54, 1.807) is 7.11 Å². The van der Waals surface area contributed by atoms with Crippen LogP contribution in [-0.4, -0.2) is 12.2 Å². The first-order valence-electron chi connectivity index (χ1n) is 9.14. The second-order valence-corrected chi connectivity index (χ2v) is 8.65. The Labute approximate surface area is 151 Å². The topological polar surface area (TPSA) is 29.5 Å². The number of benzene rings is 2. The van der Waals surface area contributed by atoms with Crippen molar-refractivity contribution in [2.45, 2.75) is 59.5 Å². The molecule has 25 heavy (non-hydrogen) atoms. The Morgan fingerprint density at radius 2 is 1.64 bits per heavy atom. The van der Waals surface area contributed by atoms with Crippen molar-refractivity contribution >= 4 is 0 Å². The van der Waals surface area contributed by atoms with Gasteiger partial charge in [0.05, 0.1) is 13.2 Å². The van der Waals surface area contributed by atoms with E-state index in [0.29, 0.717) is 0 Å². The largest absolute Gasteiger partial charge is 0.496 e. The summed E-state index contributed by atoms with van der Waals surface area (Å²) in [7, 11) is 1.76. The van der Waals surface area contributed by atoms with Gasteiger partial charge in [-0.3, -0.25) is 0 Å². The van der Waals surface area contributed by atoms with Gasteiger partial charge < -0.3 is 9.84 Å². The highest BCUT2D eigenvalue weighted by atomic mass is 16.5. The molecule has 134 valence electrons. The molecule has 0 heterocycles. The Bertz CT molecular complexity index is 792. The second-order valence-electron chi connectivity index (χ2n) is 8.65. The molecule has 0 bridgehead atoms. The van der Waals surface area contributed by atoms with E-state index in [0.717, 1.165) is 23.3 Å². The van der Waals surface area contributed by atoms with E-state index in [-0.39, 0.29) is 11.3 Å². The molecule has 1 aliphatic carbocycles. The summed E-state index contributed by atoms with van der Waals surface area (Å²) in [5, 5.41) is 10.7. The van der Waals surface area contributed by atoms with Gasteiger partial charge in [0.25, 0.3) is 0 Å². The maximum Gasteiger partial charge on any atom is 0.130 e. The van der Waals surface area contributed by atoms with Crippen LogP contribution in [0.25, 0.3) is 11.1 Å². The van der Waals surface area contributed by atoms with E-state index >= 15 is 0 Å². The maximum absolute atomic E-state index is 10.7. The van der Waals surface area contributed by atoms with Gasteiger partial charge in [0, 0.05) is 11.1 Å². The Kier molecular flexibility index (Phi) is 4.45. The third kappa shape index (κ3) is 3.08. The molecule has 0 aliphatic heterocycles. The fraction of sp³-hybridized carbons (Fsp3) is 0.478. The van der Waals surface area contributed by atoms with Crippen molar-refractivity contribution in [1.82, 2.24) is 0 Å². The van der Waals surface area contributed by atoms with Crippen molar-refractivity contribution in [3.63, 3.8) is 0 Å². The van der Waals surface area contributed by atoms with Crippen LogP contribution in [-0.2, 0) is 11.8 Å². The summed E-state index contributed by atoms with van der Waals surface area (Å²) >= 11 is 0. The summed E-state index contributed by atoms with van der Waals surface area (Å²) in [4.78, 5) is 0. The van der Waals surface area contributed by atoms with Crippen LogP contribution in [0.1, 0.15) is 61.6 Å². The third-order valence-corrected chi connectivity index (χ3v) is 5.33. The predicted molar refractivity (Wildman–Crippen MR) is 104 cm³/mol. The molecular weight excluding hydrogens is 308 g/mol. The van der Waals surface area contributed by atoms with E-state index in [2.05, 4.69) is 65.8 Å². The smallest absolute Gasteiger partial charge is 0.130 e. The van der Waals surface area contributed by atoms with E-state index in [9.17, 15) is 5.11 Å². The van der Waals surface area contributed by atoms with Gasteiger partial charge in [-0.15, -0.1) is 0 Å². The molecule has 2 heteroatoms. The highest BCUT2D eigenvalue weighted by Gasteiger charge is 2.35. The zero-order chi connectivity index (χ0) is 18.5. The van der Waals surface area contributed by atoms with Gasteiger partial charge in [-0.2, -0.15) is 0 Å². The Morgan fingerprint density at radius 3 is 2.16 bits per heavy atom. The lowest BCUT2D eigenvalue weighted by molar-refractivity contribution is 0.132. The molecule has 0 fully saturated rings. The Hall–Kier alpha value is -1.80. The van der Waals surface area contributed by atoms with E-state index in [4.69, 9.17) is 4.74 Å². The van der Waals surface area contributed by atoms with E-state index < -0.39 is 6.10 Å². The molecule has 1 N–H and O–H groups in total. The standard InChI is InChI=1S/C23H30O2/c1-13-8-14(2)10-16(9-13)20-17-11-15(3)21(24)18(17)12-19(22(20)25-7)23(4,5)6/h8-10,12,15,21,24H,11H2,1-7H3. The molecule has 3 rings (SSSR count). The fourth-order valence-corrected chi connectivity index (χ4v) is 4.14. The minimum absolute atomic E-state index is 0.0560. The SMILES string of the molecule is COc1c(C(C)(C)C)cc2c(c1-c1cc(C)cc(C)c1)CC(C)C2O. The molecular formula is C23H30O2. The molecule has 2 aromatic carbocycles. The minimum Gasteiger partial charge on any atom is -0.496 e. The monoisotopic (exact) mass is 338 g/mol. The minimum atomic E-state index is -0.397. The lowest BCUT2D eigenvalue weighted by Crippen LogP contribution is -2.15. The first-order valence-corrected chi connectivity index (χ1v) is 9.14. The molecule has 0 spiro atoms. The number of methoxy groups -OCH3 is 1. The summed E-state index contributed by atoms with van der Waals surface area (Å²) in [6, 6.07) is 8.83. The third-order valence-electron chi connectivity index (χ3n) is 5.33. The second kappa shape index (κ2) is 6.17. The normalized spacial score (nSPS) is 19.8. The predicted octanol–water partition coefficient (Wildman–Crippen LogP) is 5.50. The molecule has 1 aliphatic rings. The van der Waals surface area contributed by atoms with Gasteiger partial charge in [-0.25, -0.2) is 0 Å². The fourth-order valence-electron chi connectivity index (χ4n) is 4.14. The first kappa shape index (κ1) is 18.0. The van der Waals surface area contributed by atoms with Crippen molar-refractivity contribution in [3.05, 3.63) is 52.1 Å². The maximum atomic E-state index is 10.7. The van der Waals surface area contributed by atoms with Crippen molar-refractivity contribution in [2.24, 2.45) is 5.92 Å². The zero-order valence-electron chi connectivity index (χ0n) is 16.5. The molecule has 0 radical (unpaired) electrons. The van der Waals surface area contributed by atoms with Crippen LogP contribution in [0.3, 0.4) is 0 Å². The lowest BCUT2D eigenvalue weighted by atomic mass is 9.81. The van der Waals surface area contributed by atoms with Gasteiger partial charge in [0.1, 0.15) is 5.75 Å². The highest BCUT2D eigenvalue weighted by Crippen LogP contribution is 2.49. The van der Waals surface area contributed by atoms with E-state index in [1.807, 2.05) is 0 Å². The number of hydrogen-bond donors (Lipinski definition) is 1. The molecule has 0 saturated heterocycles. The quantitative estimate of drug-likeness (QED) is 0.783. The summed E-state index contributed by atoms with van der Waals surface area (Å²) < 4.78 is 5.95. The summed E-state index contributed by atoms with van der Waals surface area (Å²) in [6.45, 7) is 13.0. The van der Waals surface area contributed by atoms with Gasteiger partial charge in [0.15, 0.2) is 0 Å². The van der Waals surface area contributed by atoms with Crippen molar-refractivity contribution in [2.75, 3.05) is 7.11 Å². The van der Waals surface area contributed by atoms with Gasteiger partial charge in [0.2, 0.25) is 0 Å². The van der Waals surface area contributed by atoms with Gasteiger partial charge >= 0.3 is 0 Å². The van der Waals surface area contributed by atoms with Crippen molar-refractivity contribution in [1.29, 1.82) is 0 Å². The first-order chi connectivity index (χ1) is 11.6. The number of fused-ring (bicyclic) bond motifs is 1. The number of ether oxygens (including phenoxy) is 1. The summed E-state index contributed by atoms with van der Waals surface area (Å²) in [5.74, 6) is 1.19. The van der Waals surface area contributed by atoms with Gasteiger partial charge in [-0.05, 0) is 54.4 Å². The van der Waals surface area contributed by atoms with Crippen LogP contribution < -0.4 is 4.74 Å². The van der Waals surface area contributed by atoms with Crippen LogP contribution >= 0.6 is 0 Å². The van der Waals surface area contributed by atoms with Crippen LogP contribution in [0, 0.1) is 19.8 Å². The number of rotatable bonds is 2. The Morgan fingerprint density at radius 1 is 1.04 bits per heavy atom. The van der Waals surface area contributed by atoms with Crippen LogP contribution in [0.4, 0.5) is 0 Å². The number of aliphatic hydroxyl groups is 1. The average molecular weight is 338 g/mol. The molecule has 2 nitrogen and oxygen atoms in total. The van der Waals surface area contributed by atoms with Crippen LogP contribution in [0.15, 0.2) is 24.3 Å². The van der Waals surface area contributed by atoms with Crippen LogP contribution in [0.5, 0.6) is 5.75 Å². The molecule has 2 unspecified atom stereocenters. The van der Waals surface area contributed by atoms with E-state index in [1.165, 1.54) is 27.8 Å². The van der Waals surface area contributed by atoms with Gasteiger partial charge in [-0.1, -0.05) is 57.0 Å². The molecule has 0 aromatic heterocycles. The van der Waals surface area contributed by atoms with Crippen molar-refractivity contribution < 1.29 is 9.84 Å². The van der Waals surface area contributed by atoms with Crippen molar-refractivity contribution in [3.8, 4) is 16.9 Å². The summed E-state index contributed by atoms with van der Waals surface area (Å²) in [5.41, 5.74) is 8.29. The summed E-state index contributed by atoms with van der Waals surface area (Å²) in [6.07, 6.45) is 0.492. The molecule has 0 amide bonds. The molecule has 2 aromatic rings. The number of hydrogen-bond acceptors (Lipinski definition) is 2. The average Bonchev–Trinajstić information content (AvgIpc) is 2.78. The van der Waals surface area contributed by atoms with Crippen LogP contribution in [0.2, 0.25) is 0 Å². The molecule has 2 atom stereocenters. The zero-order valence-corrected chi connectivity index (χ0v) is 16.5.